The fourth-order valence-electron chi connectivity index (χ4n) is 0.589. The molecule has 82 valence electrons. The molecular weight excluding hydrogens is 225 g/mol. The van der Waals surface area contributed by atoms with Crippen LogP contribution in [0.5, 0.6) is 0 Å². The van der Waals surface area contributed by atoms with E-state index in [2.05, 4.69) is 0 Å². The number of halogens is 4. The van der Waals surface area contributed by atoms with E-state index >= 15 is 0 Å². The van der Waals surface area contributed by atoms with Gasteiger partial charge in [-0.2, -0.15) is 13.2 Å². The zero-order chi connectivity index (χ0) is 11.4. The van der Waals surface area contributed by atoms with Gasteiger partial charge in [-0.1, -0.05) is 0 Å². The first kappa shape index (κ1) is 13.0. The standard InChI is InChI=1S/C6H8ClF3N2O2/c1-12(3-6(8,9)10)5(14)11-4(13)2-7/h2-3H2,1H3,(H,11,13,14). The second-order valence-corrected chi connectivity index (χ2v) is 2.73. The van der Waals surface area contributed by atoms with Gasteiger partial charge < -0.3 is 4.90 Å². The van der Waals surface area contributed by atoms with Gasteiger partial charge in [0.15, 0.2) is 0 Å². The minimum atomic E-state index is -4.49. The van der Waals surface area contributed by atoms with Crippen molar-refractivity contribution in [3.05, 3.63) is 0 Å². The van der Waals surface area contributed by atoms with E-state index in [1.807, 2.05) is 0 Å². The Kier molecular flexibility index (Phi) is 4.69. The summed E-state index contributed by atoms with van der Waals surface area (Å²) in [7, 11) is 0.921. The van der Waals surface area contributed by atoms with Gasteiger partial charge in [-0.15, -0.1) is 11.6 Å². The number of rotatable bonds is 2. The first-order chi connectivity index (χ1) is 6.26. The maximum Gasteiger partial charge on any atom is 0.406 e. The average molecular weight is 233 g/mol. The van der Waals surface area contributed by atoms with Gasteiger partial charge >= 0.3 is 12.2 Å². The molecule has 0 aromatic heterocycles. The number of imide groups is 1. The lowest BCUT2D eigenvalue weighted by molar-refractivity contribution is -0.138. The minimum Gasteiger partial charge on any atom is -0.318 e. The van der Waals surface area contributed by atoms with Crippen LogP contribution in [-0.2, 0) is 4.79 Å². The number of urea groups is 1. The molecule has 0 bridgehead atoms. The second kappa shape index (κ2) is 5.04. The van der Waals surface area contributed by atoms with Crippen molar-refractivity contribution in [1.82, 2.24) is 10.2 Å². The van der Waals surface area contributed by atoms with E-state index in [1.54, 1.807) is 5.32 Å². The Balaban J connectivity index is 4.07. The van der Waals surface area contributed by atoms with Crippen LogP contribution < -0.4 is 5.32 Å². The number of alkyl halides is 4. The Morgan fingerprint density at radius 2 is 1.93 bits per heavy atom. The van der Waals surface area contributed by atoms with Gasteiger partial charge in [0, 0.05) is 7.05 Å². The SMILES string of the molecule is CN(CC(F)(F)F)C(=O)NC(=O)CCl. The lowest BCUT2D eigenvalue weighted by atomic mass is 10.5. The highest BCUT2D eigenvalue weighted by molar-refractivity contribution is 6.28. The summed E-state index contributed by atoms with van der Waals surface area (Å²) in [6.07, 6.45) is -4.49. The first-order valence-corrected chi connectivity index (χ1v) is 3.97. The lowest BCUT2D eigenvalue weighted by Gasteiger charge is -2.18. The number of hydrogen-bond acceptors (Lipinski definition) is 2. The summed E-state index contributed by atoms with van der Waals surface area (Å²) in [5.74, 6) is -1.32. The molecule has 0 atom stereocenters. The van der Waals surface area contributed by atoms with Crippen molar-refractivity contribution in [2.75, 3.05) is 19.5 Å². The van der Waals surface area contributed by atoms with Crippen LogP contribution in [-0.4, -0.2) is 42.5 Å². The van der Waals surface area contributed by atoms with E-state index in [-0.39, 0.29) is 0 Å². The highest BCUT2D eigenvalue weighted by Crippen LogP contribution is 2.15. The fraction of sp³-hybridized carbons (Fsp3) is 0.667. The van der Waals surface area contributed by atoms with Gasteiger partial charge in [0.25, 0.3) is 0 Å². The third kappa shape index (κ3) is 5.63. The van der Waals surface area contributed by atoms with E-state index < -0.39 is 30.5 Å². The van der Waals surface area contributed by atoms with Gasteiger partial charge in [-0.25, -0.2) is 4.79 Å². The van der Waals surface area contributed by atoms with Crippen LogP contribution >= 0.6 is 11.6 Å². The van der Waals surface area contributed by atoms with E-state index in [9.17, 15) is 22.8 Å². The Bertz CT molecular complexity index is 232. The molecule has 0 aliphatic heterocycles. The number of carbonyl (C=O) groups is 2. The second-order valence-electron chi connectivity index (χ2n) is 2.46. The molecule has 0 rings (SSSR count). The maximum atomic E-state index is 11.8. The smallest absolute Gasteiger partial charge is 0.318 e. The van der Waals surface area contributed by atoms with Crippen LogP contribution in [0.1, 0.15) is 0 Å². The average Bonchev–Trinajstić information content (AvgIpc) is 2.00. The molecule has 0 saturated carbocycles. The van der Waals surface area contributed by atoms with Crippen molar-refractivity contribution in [2.24, 2.45) is 0 Å². The molecule has 0 heterocycles. The lowest BCUT2D eigenvalue weighted by Crippen LogP contribution is -2.44. The summed E-state index contributed by atoms with van der Waals surface area (Å²) in [5.41, 5.74) is 0. The van der Waals surface area contributed by atoms with Crippen molar-refractivity contribution in [3.63, 3.8) is 0 Å². The highest BCUT2D eigenvalue weighted by atomic mass is 35.5. The Morgan fingerprint density at radius 3 is 2.29 bits per heavy atom. The van der Waals surface area contributed by atoms with Crippen LogP contribution in [0, 0.1) is 0 Å². The van der Waals surface area contributed by atoms with Crippen LogP contribution in [0.15, 0.2) is 0 Å². The van der Waals surface area contributed by atoms with Gasteiger partial charge in [0.2, 0.25) is 5.91 Å². The number of carbonyl (C=O) groups excluding carboxylic acids is 2. The van der Waals surface area contributed by atoms with E-state index in [1.165, 1.54) is 0 Å². The quantitative estimate of drug-likeness (QED) is 0.721. The normalized spacial score (nSPS) is 10.9. The molecule has 0 saturated heterocycles. The Morgan fingerprint density at radius 1 is 1.43 bits per heavy atom. The van der Waals surface area contributed by atoms with Gasteiger partial charge in [-0.05, 0) is 0 Å². The molecule has 0 aliphatic rings. The van der Waals surface area contributed by atoms with Crippen molar-refractivity contribution in [1.29, 1.82) is 0 Å². The zero-order valence-corrected chi connectivity index (χ0v) is 7.95. The van der Waals surface area contributed by atoms with E-state index in [4.69, 9.17) is 11.6 Å². The molecule has 0 aromatic carbocycles. The van der Waals surface area contributed by atoms with Gasteiger partial charge in [-0.3, -0.25) is 10.1 Å². The number of hydrogen-bond donors (Lipinski definition) is 1. The predicted molar refractivity (Wildman–Crippen MR) is 42.9 cm³/mol. The third-order valence-electron chi connectivity index (χ3n) is 1.13. The van der Waals surface area contributed by atoms with Crippen LogP contribution in [0.2, 0.25) is 0 Å². The predicted octanol–water partition coefficient (Wildman–Crippen LogP) is 0.955. The molecule has 3 amide bonds. The summed E-state index contributed by atoms with van der Waals surface area (Å²) in [4.78, 5) is 21.7. The highest BCUT2D eigenvalue weighted by Gasteiger charge is 2.31. The van der Waals surface area contributed by atoms with E-state index in [0.717, 1.165) is 7.05 Å². The summed E-state index contributed by atoms with van der Waals surface area (Å²) in [6, 6.07) is -1.13. The number of nitrogens with one attached hydrogen (secondary N) is 1. The van der Waals surface area contributed by atoms with Crippen LogP contribution in [0.4, 0.5) is 18.0 Å². The van der Waals surface area contributed by atoms with Gasteiger partial charge in [0.1, 0.15) is 12.4 Å². The maximum absolute atomic E-state index is 11.8. The third-order valence-corrected chi connectivity index (χ3v) is 1.37. The zero-order valence-electron chi connectivity index (χ0n) is 7.19. The van der Waals surface area contributed by atoms with Crippen molar-refractivity contribution in [3.8, 4) is 0 Å². The summed E-state index contributed by atoms with van der Waals surface area (Å²) >= 11 is 5.03. The van der Waals surface area contributed by atoms with Crippen molar-refractivity contribution >= 4 is 23.5 Å². The first-order valence-electron chi connectivity index (χ1n) is 3.44. The van der Waals surface area contributed by atoms with Gasteiger partial charge in [0.05, 0.1) is 0 Å². The molecule has 0 spiro atoms. The largest absolute Gasteiger partial charge is 0.406 e. The topological polar surface area (TPSA) is 49.4 Å². The summed E-state index contributed by atoms with van der Waals surface area (Å²) < 4.78 is 35.3. The number of nitrogens with zero attached hydrogens (tertiary/aromatic N) is 1. The monoisotopic (exact) mass is 232 g/mol. The van der Waals surface area contributed by atoms with Crippen LogP contribution in [0.3, 0.4) is 0 Å². The fourth-order valence-corrected chi connectivity index (χ4v) is 0.656. The van der Waals surface area contributed by atoms with Crippen molar-refractivity contribution in [2.45, 2.75) is 6.18 Å². The summed E-state index contributed by atoms with van der Waals surface area (Å²) in [5, 5.41) is 1.67. The molecule has 4 nitrogen and oxygen atoms in total. The summed E-state index contributed by atoms with van der Waals surface area (Å²) in [6.45, 7) is -1.42. The molecular formula is C6H8ClF3N2O2. The minimum absolute atomic E-state index is 0.338. The molecule has 14 heavy (non-hydrogen) atoms. The molecule has 1 N–H and O–H groups in total. The van der Waals surface area contributed by atoms with E-state index in [0.29, 0.717) is 4.90 Å². The molecule has 0 radical (unpaired) electrons. The molecule has 0 fully saturated rings. The number of amides is 3. The van der Waals surface area contributed by atoms with Crippen molar-refractivity contribution < 1.29 is 22.8 Å². The van der Waals surface area contributed by atoms with Crippen LogP contribution in [0.25, 0.3) is 0 Å². The molecule has 0 unspecified atom stereocenters. The molecule has 0 aliphatic carbocycles. The molecule has 8 heteroatoms. The Hall–Kier alpha value is -0.980. The molecule has 0 aromatic rings. The Labute approximate surface area is 83.0 Å².